The van der Waals surface area contributed by atoms with Gasteiger partial charge in [-0.3, -0.25) is 15.1 Å². The number of nitrogens with one attached hydrogen (secondary N) is 1. The molecule has 2 aliphatic rings. The molecule has 0 saturated heterocycles. The number of nitro groups is 1. The molecule has 0 radical (unpaired) electrons. The minimum absolute atomic E-state index is 0.136. The van der Waals surface area contributed by atoms with Gasteiger partial charge in [0.15, 0.2) is 0 Å². The molecule has 1 N–H and O–H groups in total. The van der Waals surface area contributed by atoms with Crippen LogP contribution in [0.3, 0.4) is 0 Å². The first-order valence-electron chi connectivity index (χ1n) is 10.6. The summed E-state index contributed by atoms with van der Waals surface area (Å²) in [5.41, 5.74) is 6.05. The molecule has 148 valence electrons. The second-order valence-corrected chi connectivity index (χ2v) is 8.41. The topological polar surface area (TPSA) is 68.1 Å². The van der Waals surface area contributed by atoms with Gasteiger partial charge >= 0.3 is 0 Å². The van der Waals surface area contributed by atoms with E-state index in [9.17, 15) is 10.1 Å². The standard InChI is InChI=1S/C23H29N3O2/c1-3-4-5-6-9-24-23-19-14-18(26(27)28)7-8-20(19)25-21-13-16-10-15(2)11-17(12-16)22(21)23/h7-8,10,14,16-17H,3-6,9,11-13H2,1-2H3,(H,24,25)/t16-,17+/m0/s1. The van der Waals surface area contributed by atoms with Crippen molar-refractivity contribution in [3.05, 3.63) is 51.2 Å². The van der Waals surface area contributed by atoms with Gasteiger partial charge in [-0.15, -0.1) is 0 Å². The third-order valence-electron chi connectivity index (χ3n) is 6.17. The first-order chi connectivity index (χ1) is 13.6. The highest BCUT2D eigenvalue weighted by molar-refractivity contribution is 5.95. The summed E-state index contributed by atoms with van der Waals surface area (Å²) in [6.45, 7) is 5.34. The summed E-state index contributed by atoms with van der Waals surface area (Å²) in [4.78, 5) is 16.0. The Kier molecular flexibility index (Phi) is 5.33. The average Bonchev–Trinajstić information content (AvgIpc) is 2.66. The summed E-state index contributed by atoms with van der Waals surface area (Å²) in [6.07, 6.45) is 10.4. The number of nitro benzene ring substituents is 1. The Morgan fingerprint density at radius 2 is 2.11 bits per heavy atom. The summed E-state index contributed by atoms with van der Waals surface area (Å²) >= 11 is 0. The maximum Gasteiger partial charge on any atom is 0.270 e. The van der Waals surface area contributed by atoms with Crippen molar-refractivity contribution in [2.75, 3.05) is 11.9 Å². The lowest BCUT2D eigenvalue weighted by atomic mass is 9.71. The highest BCUT2D eigenvalue weighted by Crippen LogP contribution is 2.47. The van der Waals surface area contributed by atoms with E-state index in [1.165, 1.54) is 36.1 Å². The highest BCUT2D eigenvalue weighted by Gasteiger charge is 2.33. The second-order valence-electron chi connectivity index (χ2n) is 8.41. The maximum absolute atomic E-state index is 11.3. The molecule has 2 aliphatic carbocycles. The molecule has 0 amide bonds. The van der Waals surface area contributed by atoms with Crippen molar-refractivity contribution < 1.29 is 4.92 Å². The van der Waals surface area contributed by atoms with Crippen molar-refractivity contribution in [2.24, 2.45) is 5.92 Å². The van der Waals surface area contributed by atoms with Crippen LogP contribution in [0.1, 0.15) is 69.5 Å². The van der Waals surface area contributed by atoms with Crippen LogP contribution in [-0.2, 0) is 6.42 Å². The van der Waals surface area contributed by atoms with Crippen LogP contribution in [0.4, 0.5) is 11.4 Å². The molecule has 0 aliphatic heterocycles. The molecule has 1 aromatic carbocycles. The van der Waals surface area contributed by atoms with Gasteiger partial charge in [0.1, 0.15) is 0 Å². The SMILES string of the molecule is CCCCCCNc1c2c(nc3ccc([N+](=O)[O-])cc13)C[C@H]1C=C(C)C[C@@H]2C1. The Bertz CT molecular complexity index is 935. The third-order valence-corrected chi connectivity index (χ3v) is 6.17. The zero-order chi connectivity index (χ0) is 19.7. The van der Waals surface area contributed by atoms with Gasteiger partial charge in [-0.1, -0.05) is 37.8 Å². The lowest BCUT2D eigenvalue weighted by molar-refractivity contribution is -0.384. The van der Waals surface area contributed by atoms with E-state index in [2.05, 4.69) is 25.2 Å². The zero-order valence-corrected chi connectivity index (χ0v) is 16.8. The molecule has 5 nitrogen and oxygen atoms in total. The Morgan fingerprint density at radius 1 is 1.25 bits per heavy atom. The van der Waals surface area contributed by atoms with E-state index < -0.39 is 0 Å². The van der Waals surface area contributed by atoms with E-state index in [0.29, 0.717) is 11.8 Å². The van der Waals surface area contributed by atoms with E-state index >= 15 is 0 Å². The van der Waals surface area contributed by atoms with E-state index in [1.807, 2.05) is 6.07 Å². The first kappa shape index (κ1) is 18.9. The van der Waals surface area contributed by atoms with E-state index in [1.54, 1.807) is 12.1 Å². The summed E-state index contributed by atoms with van der Waals surface area (Å²) in [5, 5.41) is 15.9. The number of unbranched alkanes of at least 4 members (excludes halogenated alkanes) is 3. The summed E-state index contributed by atoms with van der Waals surface area (Å²) in [6, 6.07) is 5.08. The number of non-ortho nitro benzene ring substituents is 1. The number of allylic oxidation sites excluding steroid dienone is 2. The molecule has 2 bridgehead atoms. The number of hydrogen-bond acceptors (Lipinski definition) is 4. The van der Waals surface area contributed by atoms with E-state index in [0.717, 1.165) is 48.8 Å². The van der Waals surface area contributed by atoms with Crippen LogP contribution in [0.25, 0.3) is 10.9 Å². The molecule has 1 heterocycles. The molecule has 2 aromatic rings. The maximum atomic E-state index is 11.3. The number of anilines is 1. The van der Waals surface area contributed by atoms with Crippen molar-refractivity contribution in [1.29, 1.82) is 0 Å². The van der Waals surface area contributed by atoms with Gasteiger partial charge in [-0.05, 0) is 50.5 Å². The molecule has 0 unspecified atom stereocenters. The fourth-order valence-electron chi connectivity index (χ4n) is 4.97. The van der Waals surface area contributed by atoms with Crippen molar-refractivity contribution >= 4 is 22.3 Å². The first-order valence-corrected chi connectivity index (χ1v) is 10.6. The zero-order valence-electron chi connectivity index (χ0n) is 16.8. The van der Waals surface area contributed by atoms with Crippen LogP contribution in [0, 0.1) is 16.0 Å². The predicted octanol–water partition coefficient (Wildman–Crippen LogP) is 6.13. The lowest BCUT2D eigenvalue weighted by Crippen LogP contribution is -2.24. The Balaban J connectivity index is 1.78. The molecular weight excluding hydrogens is 350 g/mol. The fourth-order valence-corrected chi connectivity index (χ4v) is 4.97. The molecule has 2 atom stereocenters. The monoisotopic (exact) mass is 379 g/mol. The number of aromatic nitrogens is 1. The minimum atomic E-state index is -0.312. The summed E-state index contributed by atoms with van der Waals surface area (Å²) in [7, 11) is 0. The van der Waals surface area contributed by atoms with Gasteiger partial charge in [0.05, 0.1) is 10.4 Å². The number of benzene rings is 1. The van der Waals surface area contributed by atoms with Gasteiger partial charge < -0.3 is 5.32 Å². The van der Waals surface area contributed by atoms with Crippen LogP contribution in [0.5, 0.6) is 0 Å². The largest absolute Gasteiger partial charge is 0.384 e. The van der Waals surface area contributed by atoms with Gasteiger partial charge in [0.2, 0.25) is 0 Å². The number of pyridine rings is 1. The van der Waals surface area contributed by atoms with Gasteiger partial charge in [-0.2, -0.15) is 0 Å². The van der Waals surface area contributed by atoms with Crippen molar-refractivity contribution in [1.82, 2.24) is 4.98 Å². The smallest absolute Gasteiger partial charge is 0.270 e. The summed E-state index contributed by atoms with van der Waals surface area (Å²) in [5.74, 6) is 1.04. The van der Waals surface area contributed by atoms with E-state index in [-0.39, 0.29) is 10.6 Å². The fraction of sp³-hybridized carbons (Fsp3) is 0.522. The highest BCUT2D eigenvalue weighted by atomic mass is 16.6. The number of hydrogen-bond donors (Lipinski definition) is 1. The van der Waals surface area contributed by atoms with Crippen LogP contribution < -0.4 is 5.32 Å². The van der Waals surface area contributed by atoms with Crippen molar-refractivity contribution in [2.45, 2.75) is 64.7 Å². The van der Waals surface area contributed by atoms with Gasteiger partial charge in [0, 0.05) is 41.0 Å². The number of nitrogens with zero attached hydrogens (tertiary/aromatic N) is 2. The molecule has 0 spiro atoms. The molecular formula is C23H29N3O2. The lowest BCUT2D eigenvalue weighted by Gasteiger charge is -2.36. The summed E-state index contributed by atoms with van der Waals surface area (Å²) < 4.78 is 0. The van der Waals surface area contributed by atoms with Gasteiger partial charge in [0.25, 0.3) is 5.69 Å². The predicted molar refractivity (Wildman–Crippen MR) is 114 cm³/mol. The number of rotatable bonds is 7. The Labute approximate surface area is 166 Å². The molecule has 28 heavy (non-hydrogen) atoms. The van der Waals surface area contributed by atoms with Crippen LogP contribution in [0.15, 0.2) is 29.8 Å². The molecule has 4 rings (SSSR count). The van der Waals surface area contributed by atoms with Crippen LogP contribution in [0.2, 0.25) is 0 Å². The normalized spacial score (nSPS) is 20.6. The van der Waals surface area contributed by atoms with Gasteiger partial charge in [-0.25, -0.2) is 0 Å². The van der Waals surface area contributed by atoms with E-state index in [4.69, 9.17) is 4.98 Å². The third kappa shape index (κ3) is 3.62. The van der Waals surface area contributed by atoms with Crippen LogP contribution >= 0.6 is 0 Å². The molecule has 0 fully saturated rings. The minimum Gasteiger partial charge on any atom is -0.384 e. The molecule has 1 aromatic heterocycles. The van der Waals surface area contributed by atoms with Crippen molar-refractivity contribution in [3.8, 4) is 0 Å². The average molecular weight is 380 g/mol. The quantitative estimate of drug-likeness (QED) is 0.272. The van der Waals surface area contributed by atoms with Crippen LogP contribution in [-0.4, -0.2) is 16.5 Å². The molecule has 0 saturated carbocycles. The Morgan fingerprint density at radius 3 is 2.89 bits per heavy atom. The molecule has 5 heteroatoms. The second kappa shape index (κ2) is 7.90. The van der Waals surface area contributed by atoms with Crippen molar-refractivity contribution in [3.63, 3.8) is 0 Å². The Hall–Kier alpha value is -2.43. The number of fused-ring (bicyclic) bond motifs is 5.